The Labute approximate surface area is 140 Å². The van der Waals surface area contributed by atoms with Gasteiger partial charge in [-0.1, -0.05) is 36.5 Å². The van der Waals surface area contributed by atoms with Crippen LogP contribution in [0.5, 0.6) is 0 Å². The number of hydrogen-bond acceptors (Lipinski definition) is 2. The lowest BCUT2D eigenvalue weighted by Gasteiger charge is -2.20. The van der Waals surface area contributed by atoms with E-state index < -0.39 is 0 Å². The van der Waals surface area contributed by atoms with Crippen LogP contribution in [0.4, 0.5) is 0 Å². The summed E-state index contributed by atoms with van der Waals surface area (Å²) in [4.78, 5) is 4.67. The zero-order chi connectivity index (χ0) is 15.4. The van der Waals surface area contributed by atoms with Crippen molar-refractivity contribution in [3.05, 3.63) is 28.0 Å². The summed E-state index contributed by atoms with van der Waals surface area (Å²) in [6.07, 6.45) is 2.78. The predicted octanol–water partition coefficient (Wildman–Crippen LogP) is 5.11. The van der Waals surface area contributed by atoms with E-state index in [0.29, 0.717) is 29.0 Å². The van der Waals surface area contributed by atoms with Crippen molar-refractivity contribution >= 4 is 45.8 Å². The quantitative estimate of drug-likeness (QED) is 0.649. The SMILES string of the molecule is CCCC(COC)n1c(CCCl)nc2cc(Cl)c(Cl)cc21. The van der Waals surface area contributed by atoms with Gasteiger partial charge in [0, 0.05) is 19.4 Å². The molecule has 1 heterocycles. The molecule has 1 unspecified atom stereocenters. The van der Waals surface area contributed by atoms with Gasteiger partial charge in [0.05, 0.1) is 33.7 Å². The maximum atomic E-state index is 6.17. The molecule has 0 aliphatic heterocycles. The molecule has 0 aliphatic carbocycles. The van der Waals surface area contributed by atoms with Crippen molar-refractivity contribution in [3.8, 4) is 0 Å². The van der Waals surface area contributed by atoms with Gasteiger partial charge in [-0.15, -0.1) is 11.6 Å². The van der Waals surface area contributed by atoms with E-state index >= 15 is 0 Å². The Morgan fingerprint density at radius 1 is 1.29 bits per heavy atom. The first-order valence-corrected chi connectivity index (χ1v) is 8.32. The van der Waals surface area contributed by atoms with Gasteiger partial charge in [0.2, 0.25) is 0 Å². The van der Waals surface area contributed by atoms with Crippen molar-refractivity contribution in [1.82, 2.24) is 9.55 Å². The molecule has 21 heavy (non-hydrogen) atoms. The number of nitrogens with zero attached hydrogens (tertiary/aromatic N) is 2. The molecule has 1 atom stereocenters. The number of hydrogen-bond donors (Lipinski definition) is 0. The number of halogens is 3. The Balaban J connectivity index is 2.60. The second-order valence-corrected chi connectivity index (χ2v) is 6.18. The molecule has 0 aliphatic rings. The first-order valence-electron chi connectivity index (χ1n) is 7.03. The average molecular weight is 350 g/mol. The van der Waals surface area contributed by atoms with Crippen LogP contribution in [0, 0.1) is 0 Å². The van der Waals surface area contributed by atoms with Crippen molar-refractivity contribution in [2.24, 2.45) is 0 Å². The lowest BCUT2D eigenvalue weighted by molar-refractivity contribution is 0.151. The van der Waals surface area contributed by atoms with Crippen LogP contribution >= 0.6 is 34.8 Å². The van der Waals surface area contributed by atoms with Crippen molar-refractivity contribution < 1.29 is 4.74 Å². The van der Waals surface area contributed by atoms with Gasteiger partial charge in [0.1, 0.15) is 5.82 Å². The maximum Gasteiger partial charge on any atom is 0.111 e. The molecule has 0 saturated carbocycles. The van der Waals surface area contributed by atoms with Crippen LogP contribution < -0.4 is 0 Å². The summed E-state index contributed by atoms with van der Waals surface area (Å²) in [6.45, 7) is 2.79. The van der Waals surface area contributed by atoms with Gasteiger partial charge in [-0.25, -0.2) is 4.98 Å². The van der Waals surface area contributed by atoms with Crippen LogP contribution in [0.2, 0.25) is 10.0 Å². The molecular formula is C15H19Cl3N2O. The third kappa shape index (κ3) is 3.65. The fourth-order valence-corrected chi connectivity index (χ4v) is 3.11. The van der Waals surface area contributed by atoms with Gasteiger partial charge >= 0.3 is 0 Å². The average Bonchev–Trinajstić information content (AvgIpc) is 2.77. The molecule has 0 bridgehead atoms. The third-order valence-corrected chi connectivity index (χ3v) is 4.38. The number of aryl methyl sites for hydroxylation is 1. The number of methoxy groups -OCH3 is 1. The summed E-state index contributed by atoms with van der Waals surface area (Å²) in [7, 11) is 1.72. The van der Waals surface area contributed by atoms with Crippen LogP contribution in [0.1, 0.15) is 31.6 Å². The number of rotatable bonds is 7. The summed E-state index contributed by atoms with van der Waals surface area (Å²) in [6, 6.07) is 3.91. The van der Waals surface area contributed by atoms with Gasteiger partial charge in [-0.2, -0.15) is 0 Å². The molecule has 0 spiro atoms. The summed E-state index contributed by atoms with van der Waals surface area (Å²) in [5, 5.41) is 1.06. The predicted molar refractivity (Wildman–Crippen MR) is 90.0 cm³/mol. The summed E-state index contributed by atoms with van der Waals surface area (Å²) < 4.78 is 7.58. The summed E-state index contributed by atoms with van der Waals surface area (Å²) in [5.74, 6) is 1.48. The molecule has 0 saturated heterocycles. The fraction of sp³-hybridized carbons (Fsp3) is 0.533. The second-order valence-electron chi connectivity index (χ2n) is 4.99. The number of alkyl halides is 1. The van der Waals surface area contributed by atoms with E-state index in [-0.39, 0.29) is 6.04 Å². The van der Waals surface area contributed by atoms with Gasteiger partial charge in [0.25, 0.3) is 0 Å². The van der Waals surface area contributed by atoms with Crippen LogP contribution in [-0.4, -0.2) is 29.1 Å². The van der Waals surface area contributed by atoms with Crippen LogP contribution in [0.25, 0.3) is 11.0 Å². The zero-order valence-electron chi connectivity index (χ0n) is 12.2. The van der Waals surface area contributed by atoms with Crippen LogP contribution in [0.15, 0.2) is 12.1 Å². The van der Waals surface area contributed by atoms with E-state index in [9.17, 15) is 0 Å². The molecule has 1 aromatic heterocycles. The van der Waals surface area contributed by atoms with Gasteiger partial charge in [-0.05, 0) is 18.6 Å². The molecule has 1 aromatic carbocycles. The molecule has 116 valence electrons. The Morgan fingerprint density at radius 2 is 2.00 bits per heavy atom. The normalized spacial score (nSPS) is 13.0. The van der Waals surface area contributed by atoms with E-state index in [4.69, 9.17) is 39.5 Å². The minimum atomic E-state index is 0.223. The van der Waals surface area contributed by atoms with Gasteiger partial charge in [0.15, 0.2) is 0 Å². The number of aromatic nitrogens is 2. The van der Waals surface area contributed by atoms with Gasteiger partial charge in [-0.3, -0.25) is 0 Å². The van der Waals surface area contributed by atoms with Crippen LogP contribution in [0.3, 0.4) is 0 Å². The Kier molecular flexibility index (Phi) is 6.18. The highest BCUT2D eigenvalue weighted by atomic mass is 35.5. The van der Waals surface area contributed by atoms with E-state index in [2.05, 4.69) is 16.5 Å². The molecule has 0 amide bonds. The standard InChI is InChI=1S/C15H19Cl3N2O/c1-3-4-10(9-21-2)20-14-8-12(18)11(17)7-13(14)19-15(20)5-6-16/h7-8,10H,3-6,9H2,1-2H3. The minimum Gasteiger partial charge on any atom is -0.383 e. The van der Waals surface area contributed by atoms with Gasteiger partial charge < -0.3 is 9.30 Å². The second kappa shape index (κ2) is 7.68. The first kappa shape index (κ1) is 16.9. The molecule has 0 N–H and O–H groups in total. The zero-order valence-corrected chi connectivity index (χ0v) is 14.5. The van der Waals surface area contributed by atoms with Crippen molar-refractivity contribution in [3.63, 3.8) is 0 Å². The molecule has 0 fully saturated rings. The van der Waals surface area contributed by atoms with Crippen molar-refractivity contribution in [2.75, 3.05) is 19.6 Å². The number of benzene rings is 1. The molecule has 3 nitrogen and oxygen atoms in total. The topological polar surface area (TPSA) is 27.1 Å². The lowest BCUT2D eigenvalue weighted by Crippen LogP contribution is -2.17. The largest absolute Gasteiger partial charge is 0.383 e. The first-order chi connectivity index (χ1) is 10.1. The monoisotopic (exact) mass is 348 g/mol. The fourth-order valence-electron chi connectivity index (χ4n) is 2.62. The maximum absolute atomic E-state index is 6.17. The Morgan fingerprint density at radius 3 is 2.62 bits per heavy atom. The molecule has 2 rings (SSSR count). The van der Waals surface area contributed by atoms with E-state index in [1.807, 2.05) is 12.1 Å². The van der Waals surface area contributed by atoms with Crippen molar-refractivity contribution in [1.29, 1.82) is 0 Å². The highest BCUT2D eigenvalue weighted by Crippen LogP contribution is 2.31. The van der Waals surface area contributed by atoms with E-state index in [1.165, 1.54) is 0 Å². The molecule has 2 aromatic rings. The minimum absolute atomic E-state index is 0.223. The Bertz CT molecular complexity index is 606. The molecular weight excluding hydrogens is 331 g/mol. The highest BCUT2D eigenvalue weighted by molar-refractivity contribution is 6.42. The van der Waals surface area contributed by atoms with Crippen LogP contribution in [-0.2, 0) is 11.2 Å². The third-order valence-electron chi connectivity index (χ3n) is 3.47. The lowest BCUT2D eigenvalue weighted by atomic mass is 10.1. The summed E-state index contributed by atoms with van der Waals surface area (Å²) in [5.41, 5.74) is 1.83. The molecule has 0 radical (unpaired) electrons. The smallest absolute Gasteiger partial charge is 0.111 e. The summed E-state index contributed by atoms with van der Waals surface area (Å²) >= 11 is 18.2. The highest BCUT2D eigenvalue weighted by Gasteiger charge is 2.19. The van der Waals surface area contributed by atoms with E-state index in [0.717, 1.165) is 29.7 Å². The number of ether oxygens (including phenoxy) is 1. The number of fused-ring (bicyclic) bond motifs is 1. The van der Waals surface area contributed by atoms with Crippen molar-refractivity contribution in [2.45, 2.75) is 32.2 Å². The molecule has 6 heteroatoms. The Hall–Kier alpha value is -0.480. The number of imidazole rings is 1. The van der Waals surface area contributed by atoms with E-state index in [1.54, 1.807) is 7.11 Å².